The van der Waals surface area contributed by atoms with E-state index in [0.717, 1.165) is 11.3 Å². The first-order valence-corrected chi connectivity index (χ1v) is 7.32. The number of hydrogen-bond acceptors (Lipinski definition) is 3. The maximum atomic E-state index is 12.2. The first-order chi connectivity index (χ1) is 10.2. The lowest BCUT2D eigenvalue weighted by molar-refractivity contribution is 0.0525. The molecule has 1 aromatic carbocycles. The van der Waals surface area contributed by atoms with Gasteiger partial charge in [0.05, 0.1) is 6.54 Å². The van der Waals surface area contributed by atoms with Gasteiger partial charge < -0.3 is 10.4 Å². The van der Waals surface area contributed by atoms with E-state index in [1.807, 2.05) is 51.1 Å². The van der Waals surface area contributed by atoms with Crippen LogP contribution in [0.25, 0.3) is 0 Å². The largest absolute Gasteiger partial charge is 0.384 e. The van der Waals surface area contributed by atoms with E-state index < -0.39 is 5.60 Å². The highest BCUT2D eigenvalue weighted by Gasteiger charge is 2.25. The summed E-state index contributed by atoms with van der Waals surface area (Å²) in [6.45, 7) is 7.93. The zero-order valence-electron chi connectivity index (χ0n) is 13.5. The van der Waals surface area contributed by atoms with Gasteiger partial charge in [0.15, 0.2) is 0 Å². The van der Waals surface area contributed by atoms with Gasteiger partial charge in [0.25, 0.3) is 5.91 Å². The van der Waals surface area contributed by atoms with Gasteiger partial charge in [0.1, 0.15) is 11.3 Å². The molecule has 5 nitrogen and oxygen atoms in total. The molecule has 0 saturated heterocycles. The second-order valence-electron chi connectivity index (χ2n) is 6.74. The van der Waals surface area contributed by atoms with Gasteiger partial charge >= 0.3 is 0 Å². The number of aromatic nitrogens is 2. The van der Waals surface area contributed by atoms with E-state index in [4.69, 9.17) is 0 Å². The fourth-order valence-corrected chi connectivity index (χ4v) is 2.06. The van der Waals surface area contributed by atoms with Crippen molar-refractivity contribution in [3.8, 4) is 0 Å². The number of amides is 1. The molecule has 5 heteroatoms. The summed E-state index contributed by atoms with van der Waals surface area (Å²) < 4.78 is 0. The number of H-pyrrole nitrogens is 1. The molecule has 0 aliphatic rings. The van der Waals surface area contributed by atoms with Gasteiger partial charge in [-0.25, -0.2) is 0 Å². The van der Waals surface area contributed by atoms with Gasteiger partial charge in [-0.3, -0.25) is 9.89 Å². The average Bonchev–Trinajstić information content (AvgIpc) is 2.96. The minimum absolute atomic E-state index is 0.0962. The third-order valence-electron chi connectivity index (χ3n) is 3.61. The number of benzene rings is 1. The standard InChI is InChI=1S/C17H23N3O2/c1-16(2,3)14-10-13(19-20-14)15(21)18-11-17(4,22)12-8-6-5-7-9-12/h5-10,22H,11H2,1-4H3,(H,18,21)(H,19,20). The van der Waals surface area contributed by atoms with Crippen molar-refractivity contribution in [2.45, 2.75) is 38.7 Å². The molecule has 0 spiro atoms. The molecule has 1 heterocycles. The molecule has 1 atom stereocenters. The Morgan fingerprint density at radius 3 is 2.41 bits per heavy atom. The van der Waals surface area contributed by atoms with Crippen LogP contribution in [0.3, 0.4) is 0 Å². The lowest BCUT2D eigenvalue weighted by Crippen LogP contribution is -2.38. The van der Waals surface area contributed by atoms with E-state index in [1.165, 1.54) is 0 Å². The van der Waals surface area contributed by atoms with Crippen molar-refractivity contribution in [3.05, 3.63) is 53.3 Å². The van der Waals surface area contributed by atoms with Crippen molar-refractivity contribution in [3.63, 3.8) is 0 Å². The number of aromatic amines is 1. The molecule has 3 N–H and O–H groups in total. The van der Waals surface area contributed by atoms with Crippen LogP contribution in [0.2, 0.25) is 0 Å². The quantitative estimate of drug-likeness (QED) is 0.811. The maximum Gasteiger partial charge on any atom is 0.271 e. The molecule has 2 aromatic rings. The third kappa shape index (κ3) is 3.74. The highest BCUT2D eigenvalue weighted by atomic mass is 16.3. The molecular weight excluding hydrogens is 278 g/mol. The SMILES string of the molecule is CC(C)(C)c1cc(C(=O)NCC(C)(O)c2ccccc2)n[nH]1. The molecule has 0 bridgehead atoms. The molecule has 1 aromatic heterocycles. The Hall–Kier alpha value is -2.14. The minimum atomic E-state index is -1.12. The number of carbonyl (C=O) groups excluding carboxylic acids is 1. The zero-order chi connectivity index (χ0) is 16.4. The smallest absolute Gasteiger partial charge is 0.271 e. The summed E-state index contributed by atoms with van der Waals surface area (Å²) in [5.41, 5.74) is 0.759. The van der Waals surface area contributed by atoms with Crippen LogP contribution in [0.1, 0.15) is 49.4 Å². The molecule has 0 aliphatic carbocycles. The minimum Gasteiger partial charge on any atom is -0.384 e. The summed E-state index contributed by atoms with van der Waals surface area (Å²) >= 11 is 0. The van der Waals surface area contributed by atoms with Crippen LogP contribution in [0.4, 0.5) is 0 Å². The van der Waals surface area contributed by atoms with Crippen LogP contribution in [0.15, 0.2) is 36.4 Å². The molecule has 0 aliphatic heterocycles. The molecule has 22 heavy (non-hydrogen) atoms. The lowest BCUT2D eigenvalue weighted by atomic mass is 9.92. The highest BCUT2D eigenvalue weighted by Crippen LogP contribution is 2.21. The number of aliphatic hydroxyl groups is 1. The highest BCUT2D eigenvalue weighted by molar-refractivity contribution is 5.92. The van der Waals surface area contributed by atoms with E-state index >= 15 is 0 Å². The maximum absolute atomic E-state index is 12.2. The van der Waals surface area contributed by atoms with Crippen molar-refractivity contribution < 1.29 is 9.90 Å². The van der Waals surface area contributed by atoms with E-state index in [-0.39, 0.29) is 17.9 Å². The van der Waals surface area contributed by atoms with Crippen LogP contribution in [-0.2, 0) is 11.0 Å². The Kier molecular flexibility index (Phi) is 4.37. The van der Waals surface area contributed by atoms with E-state index in [1.54, 1.807) is 13.0 Å². The summed E-state index contributed by atoms with van der Waals surface area (Å²) in [7, 11) is 0. The van der Waals surface area contributed by atoms with E-state index in [2.05, 4.69) is 15.5 Å². The fraction of sp³-hybridized carbons (Fsp3) is 0.412. The van der Waals surface area contributed by atoms with Gasteiger partial charge in [-0.15, -0.1) is 0 Å². The van der Waals surface area contributed by atoms with E-state index in [0.29, 0.717) is 5.69 Å². The van der Waals surface area contributed by atoms with Crippen molar-refractivity contribution in [2.24, 2.45) is 0 Å². The molecule has 1 unspecified atom stereocenters. The Bertz CT molecular complexity index is 639. The number of nitrogens with zero attached hydrogens (tertiary/aromatic N) is 1. The predicted molar refractivity (Wildman–Crippen MR) is 85.6 cm³/mol. The lowest BCUT2D eigenvalue weighted by Gasteiger charge is -2.24. The van der Waals surface area contributed by atoms with Crippen LogP contribution in [0, 0.1) is 0 Å². The summed E-state index contributed by atoms with van der Waals surface area (Å²) in [6, 6.07) is 11.0. The summed E-state index contributed by atoms with van der Waals surface area (Å²) in [5.74, 6) is -0.303. The summed E-state index contributed by atoms with van der Waals surface area (Å²) in [5, 5.41) is 20.1. The Balaban J connectivity index is 2.02. The van der Waals surface area contributed by atoms with Crippen molar-refractivity contribution >= 4 is 5.91 Å². The van der Waals surface area contributed by atoms with Crippen molar-refractivity contribution in [1.29, 1.82) is 0 Å². The van der Waals surface area contributed by atoms with Gasteiger partial charge in [0, 0.05) is 11.1 Å². The third-order valence-corrected chi connectivity index (χ3v) is 3.61. The summed E-state index contributed by atoms with van der Waals surface area (Å²) in [4.78, 5) is 12.2. The van der Waals surface area contributed by atoms with Crippen LogP contribution in [-0.4, -0.2) is 27.8 Å². The predicted octanol–water partition coefficient (Wildman–Crippen LogP) is 2.34. The van der Waals surface area contributed by atoms with Crippen molar-refractivity contribution in [2.75, 3.05) is 6.54 Å². The molecule has 1 amide bonds. The van der Waals surface area contributed by atoms with Crippen LogP contribution < -0.4 is 5.32 Å². The average molecular weight is 301 g/mol. The van der Waals surface area contributed by atoms with Gasteiger partial charge in [-0.1, -0.05) is 51.1 Å². The second-order valence-corrected chi connectivity index (χ2v) is 6.74. The number of nitrogens with one attached hydrogen (secondary N) is 2. The summed E-state index contributed by atoms with van der Waals surface area (Å²) in [6.07, 6.45) is 0. The topological polar surface area (TPSA) is 78.0 Å². The molecule has 0 saturated carbocycles. The fourth-order valence-electron chi connectivity index (χ4n) is 2.06. The first-order valence-electron chi connectivity index (χ1n) is 7.32. The Morgan fingerprint density at radius 1 is 1.23 bits per heavy atom. The van der Waals surface area contributed by atoms with Gasteiger partial charge in [-0.05, 0) is 18.6 Å². The monoisotopic (exact) mass is 301 g/mol. The van der Waals surface area contributed by atoms with E-state index in [9.17, 15) is 9.90 Å². The number of rotatable bonds is 4. The second kappa shape index (κ2) is 5.93. The molecule has 0 radical (unpaired) electrons. The molecule has 2 rings (SSSR count). The Morgan fingerprint density at radius 2 is 1.86 bits per heavy atom. The number of hydrogen-bond donors (Lipinski definition) is 3. The van der Waals surface area contributed by atoms with Crippen molar-refractivity contribution in [1.82, 2.24) is 15.5 Å². The molecule has 118 valence electrons. The normalized spacial score (nSPS) is 14.4. The number of carbonyl (C=O) groups is 1. The zero-order valence-corrected chi connectivity index (χ0v) is 13.5. The molecule has 0 fully saturated rings. The first kappa shape index (κ1) is 16.2. The van der Waals surface area contributed by atoms with Crippen LogP contribution >= 0.6 is 0 Å². The molecular formula is C17H23N3O2. The van der Waals surface area contributed by atoms with Crippen LogP contribution in [0.5, 0.6) is 0 Å². The van der Waals surface area contributed by atoms with Gasteiger partial charge in [-0.2, -0.15) is 5.10 Å². The Labute approximate surface area is 130 Å². The van der Waals surface area contributed by atoms with Gasteiger partial charge in [0.2, 0.25) is 0 Å².